The van der Waals surface area contributed by atoms with Crippen LogP contribution in [0.25, 0.3) is 56.0 Å². The van der Waals surface area contributed by atoms with E-state index in [-0.39, 0.29) is 34.1 Å². The quantitative estimate of drug-likeness (QED) is 0.214. The summed E-state index contributed by atoms with van der Waals surface area (Å²) in [4.78, 5) is 17.7. The average Bonchev–Trinajstić information content (AvgIpc) is 3.60. The van der Waals surface area contributed by atoms with Crippen molar-refractivity contribution in [3.63, 3.8) is 0 Å². The van der Waals surface area contributed by atoms with Crippen molar-refractivity contribution in [2.45, 2.75) is 0 Å². The number of furan rings is 1. The molecule has 0 bridgehead atoms. The van der Waals surface area contributed by atoms with Gasteiger partial charge in [0.15, 0.2) is 5.58 Å². The Morgan fingerprint density at radius 3 is 2.27 bits per heavy atom. The Bertz CT molecular complexity index is 2190. The summed E-state index contributed by atoms with van der Waals surface area (Å²) in [7, 11) is 0.609. The van der Waals surface area contributed by atoms with Gasteiger partial charge in [-0.3, -0.25) is 9.10 Å². The fourth-order valence-electron chi connectivity index (χ4n) is 5.01. The molecule has 4 aromatic carbocycles. The Morgan fingerprint density at radius 2 is 1.59 bits per heavy atom. The van der Waals surface area contributed by atoms with Crippen LogP contribution in [0.1, 0.15) is 10.4 Å². The van der Waals surface area contributed by atoms with E-state index in [0.29, 0.717) is 38.9 Å². The van der Waals surface area contributed by atoms with E-state index in [1.54, 1.807) is 24.3 Å². The first-order valence-corrected chi connectivity index (χ1v) is 15.1. The van der Waals surface area contributed by atoms with Gasteiger partial charge in [0, 0.05) is 42.7 Å². The van der Waals surface area contributed by atoms with Crippen molar-refractivity contribution < 1.29 is 35.6 Å². The Balaban J connectivity index is 1.63. The van der Waals surface area contributed by atoms with Gasteiger partial charge in [-0.05, 0) is 60.2 Å². The zero-order valence-corrected chi connectivity index (χ0v) is 24.8. The standard InChI is InChI=1S/C32H25F2N3O6S/c1-35-31(38)29-22-15-21(18-7-12-26(41-3)23(13-18)32-36-24-11-10-20(34)14-28(24)43-32)25(37(2)44(4,39)40)16-27(22)42-30(29)17-5-8-19(33)9-6-17/h5-16H,1-4H3,(H,35,38). The van der Waals surface area contributed by atoms with E-state index in [4.69, 9.17) is 13.6 Å². The number of nitrogens with zero attached hydrogens (tertiary/aromatic N) is 2. The summed E-state index contributed by atoms with van der Waals surface area (Å²) >= 11 is 0. The largest absolute Gasteiger partial charge is 0.496 e. The molecule has 0 aliphatic rings. The maximum Gasteiger partial charge on any atom is 0.255 e. The van der Waals surface area contributed by atoms with Gasteiger partial charge in [-0.15, -0.1) is 0 Å². The molecule has 6 aromatic rings. The molecule has 1 amide bonds. The summed E-state index contributed by atoms with van der Waals surface area (Å²) in [5.74, 6) is -0.616. The lowest BCUT2D eigenvalue weighted by Gasteiger charge is -2.21. The third-order valence-corrected chi connectivity index (χ3v) is 8.49. The van der Waals surface area contributed by atoms with Crippen LogP contribution in [-0.4, -0.2) is 46.8 Å². The highest BCUT2D eigenvalue weighted by Crippen LogP contribution is 2.43. The number of aromatic nitrogens is 1. The number of methoxy groups -OCH3 is 1. The molecular weight excluding hydrogens is 592 g/mol. The first-order chi connectivity index (χ1) is 21.0. The number of carbonyl (C=O) groups is 1. The summed E-state index contributed by atoms with van der Waals surface area (Å²) in [6, 6.07) is 17.8. The molecule has 0 unspecified atom stereocenters. The molecule has 2 heterocycles. The van der Waals surface area contributed by atoms with E-state index in [2.05, 4.69) is 10.3 Å². The monoisotopic (exact) mass is 617 g/mol. The molecular formula is C32H25F2N3O6S. The van der Waals surface area contributed by atoms with Crippen LogP contribution in [0.15, 0.2) is 81.6 Å². The number of hydrogen-bond acceptors (Lipinski definition) is 7. The fraction of sp³-hybridized carbons (Fsp3) is 0.125. The minimum Gasteiger partial charge on any atom is -0.496 e. The Morgan fingerprint density at radius 1 is 0.886 bits per heavy atom. The van der Waals surface area contributed by atoms with Crippen molar-refractivity contribution in [3.8, 4) is 39.7 Å². The van der Waals surface area contributed by atoms with Crippen LogP contribution >= 0.6 is 0 Å². The minimum absolute atomic E-state index is 0.163. The number of nitrogens with one attached hydrogen (secondary N) is 1. The molecule has 9 nitrogen and oxygen atoms in total. The molecule has 44 heavy (non-hydrogen) atoms. The van der Waals surface area contributed by atoms with E-state index >= 15 is 0 Å². The SMILES string of the molecule is CNC(=O)c1c(-c2ccc(F)cc2)oc2cc(N(C)S(C)(=O)=O)c(-c3ccc(OC)c(-c4nc5ccc(F)cc5o4)c3)cc12. The number of ether oxygens (including phenoxy) is 1. The third kappa shape index (κ3) is 5.02. The number of amides is 1. The van der Waals surface area contributed by atoms with Crippen LogP contribution in [0, 0.1) is 11.6 Å². The molecule has 12 heteroatoms. The number of hydrogen-bond donors (Lipinski definition) is 1. The number of halogens is 2. The van der Waals surface area contributed by atoms with Crippen molar-refractivity contribution in [2.24, 2.45) is 0 Å². The van der Waals surface area contributed by atoms with Gasteiger partial charge in [0.25, 0.3) is 5.91 Å². The normalized spacial score (nSPS) is 11.7. The van der Waals surface area contributed by atoms with Gasteiger partial charge in [-0.1, -0.05) is 6.07 Å². The Labute approximate surface area is 250 Å². The predicted molar refractivity (Wildman–Crippen MR) is 163 cm³/mol. The molecule has 0 saturated carbocycles. The molecule has 0 radical (unpaired) electrons. The topological polar surface area (TPSA) is 115 Å². The summed E-state index contributed by atoms with van der Waals surface area (Å²) in [6.07, 6.45) is 1.07. The summed E-state index contributed by atoms with van der Waals surface area (Å²) in [5, 5.41) is 3.02. The first kappa shape index (κ1) is 28.9. The van der Waals surface area contributed by atoms with Gasteiger partial charge >= 0.3 is 0 Å². The number of anilines is 1. The van der Waals surface area contributed by atoms with Crippen molar-refractivity contribution >= 4 is 43.7 Å². The number of carbonyl (C=O) groups excluding carboxylic acids is 1. The second kappa shape index (κ2) is 10.8. The van der Waals surface area contributed by atoms with Crippen molar-refractivity contribution in [1.29, 1.82) is 0 Å². The number of rotatable bonds is 7. The van der Waals surface area contributed by atoms with E-state index in [1.807, 2.05) is 0 Å². The lowest BCUT2D eigenvalue weighted by Crippen LogP contribution is -2.25. The smallest absolute Gasteiger partial charge is 0.255 e. The first-order valence-electron chi connectivity index (χ1n) is 13.3. The number of oxazole rings is 1. The lowest BCUT2D eigenvalue weighted by atomic mass is 9.97. The van der Waals surface area contributed by atoms with Crippen molar-refractivity contribution in [3.05, 3.63) is 90.0 Å². The summed E-state index contributed by atoms with van der Waals surface area (Å²) in [5.41, 5.74) is 3.24. The Kier molecular flexibility index (Phi) is 7.08. The molecule has 0 aliphatic heterocycles. The summed E-state index contributed by atoms with van der Waals surface area (Å²) in [6.45, 7) is 0. The molecule has 224 valence electrons. The minimum atomic E-state index is -3.75. The lowest BCUT2D eigenvalue weighted by molar-refractivity contribution is 0.0964. The highest BCUT2D eigenvalue weighted by molar-refractivity contribution is 7.92. The molecule has 2 aromatic heterocycles. The highest BCUT2D eigenvalue weighted by Gasteiger charge is 2.26. The van der Waals surface area contributed by atoms with Gasteiger partial charge in [0.2, 0.25) is 15.9 Å². The fourth-order valence-corrected chi connectivity index (χ4v) is 5.52. The van der Waals surface area contributed by atoms with Gasteiger partial charge < -0.3 is 18.9 Å². The van der Waals surface area contributed by atoms with E-state index in [1.165, 1.54) is 69.7 Å². The van der Waals surface area contributed by atoms with Crippen LogP contribution in [0.2, 0.25) is 0 Å². The molecule has 0 aliphatic carbocycles. The van der Waals surface area contributed by atoms with Gasteiger partial charge in [-0.25, -0.2) is 22.2 Å². The highest BCUT2D eigenvalue weighted by atomic mass is 32.2. The van der Waals surface area contributed by atoms with E-state index in [0.717, 1.165) is 10.6 Å². The van der Waals surface area contributed by atoms with E-state index in [9.17, 15) is 22.0 Å². The third-order valence-electron chi connectivity index (χ3n) is 7.29. The van der Waals surface area contributed by atoms with Gasteiger partial charge in [-0.2, -0.15) is 0 Å². The zero-order chi connectivity index (χ0) is 31.3. The van der Waals surface area contributed by atoms with Gasteiger partial charge in [0.1, 0.15) is 34.2 Å². The predicted octanol–water partition coefficient (Wildman–Crippen LogP) is 6.62. The number of sulfonamides is 1. The average molecular weight is 618 g/mol. The summed E-state index contributed by atoms with van der Waals surface area (Å²) < 4.78 is 71.8. The van der Waals surface area contributed by atoms with Crippen LogP contribution in [0.4, 0.5) is 14.5 Å². The zero-order valence-electron chi connectivity index (χ0n) is 23.9. The molecule has 0 spiro atoms. The van der Waals surface area contributed by atoms with Crippen LogP contribution < -0.4 is 14.4 Å². The van der Waals surface area contributed by atoms with E-state index < -0.39 is 27.6 Å². The van der Waals surface area contributed by atoms with Gasteiger partial charge in [0.05, 0.1) is 30.2 Å². The van der Waals surface area contributed by atoms with Crippen LogP contribution in [-0.2, 0) is 10.0 Å². The van der Waals surface area contributed by atoms with Crippen LogP contribution in [0.5, 0.6) is 5.75 Å². The second-order valence-corrected chi connectivity index (χ2v) is 12.0. The molecule has 6 rings (SSSR count). The maximum absolute atomic E-state index is 13.8. The molecule has 0 atom stereocenters. The number of fused-ring (bicyclic) bond motifs is 2. The Hall–Kier alpha value is -5.23. The molecule has 1 N–H and O–H groups in total. The molecule has 0 saturated heterocycles. The maximum atomic E-state index is 13.8. The molecule has 0 fully saturated rings. The van der Waals surface area contributed by atoms with Crippen molar-refractivity contribution in [2.75, 3.05) is 31.8 Å². The van der Waals surface area contributed by atoms with Crippen LogP contribution in [0.3, 0.4) is 0 Å². The second-order valence-electron chi connectivity index (χ2n) is 10.0. The number of benzene rings is 4. The van der Waals surface area contributed by atoms with Crippen molar-refractivity contribution in [1.82, 2.24) is 10.3 Å².